The van der Waals surface area contributed by atoms with Gasteiger partial charge in [0, 0.05) is 11.4 Å². The molecule has 9 heteroatoms. The molecule has 36 heavy (non-hydrogen) atoms. The van der Waals surface area contributed by atoms with E-state index in [4.69, 9.17) is 16.3 Å². The van der Waals surface area contributed by atoms with Gasteiger partial charge in [-0.05, 0) is 74.2 Å². The van der Waals surface area contributed by atoms with E-state index in [9.17, 15) is 14.4 Å². The molecule has 0 fully saturated rings. The smallest absolute Gasteiger partial charge is 0.329 e. The lowest BCUT2D eigenvalue weighted by Gasteiger charge is -2.11. The number of amides is 3. The molecule has 0 saturated heterocycles. The Morgan fingerprint density at radius 3 is 2.28 bits per heavy atom. The number of aryl methyl sites for hydroxylation is 4. The number of benzene rings is 3. The second kappa shape index (κ2) is 12.0. The van der Waals surface area contributed by atoms with Crippen LogP contribution in [0.15, 0.2) is 59.7 Å². The van der Waals surface area contributed by atoms with E-state index >= 15 is 0 Å². The number of nitrogens with zero attached hydrogens (tertiary/aromatic N) is 1. The molecule has 0 aromatic heterocycles. The van der Waals surface area contributed by atoms with Crippen LogP contribution in [-0.2, 0) is 14.4 Å². The third-order valence-electron chi connectivity index (χ3n) is 5.28. The van der Waals surface area contributed by atoms with E-state index in [1.807, 2.05) is 64.1 Å². The van der Waals surface area contributed by atoms with Crippen LogP contribution in [0.25, 0.3) is 0 Å². The lowest BCUT2D eigenvalue weighted by atomic mass is 10.1. The molecule has 0 aliphatic rings. The minimum absolute atomic E-state index is 0.216. The van der Waals surface area contributed by atoms with Gasteiger partial charge in [-0.3, -0.25) is 14.4 Å². The summed E-state index contributed by atoms with van der Waals surface area (Å²) in [4.78, 5) is 36.5. The number of para-hydroxylation sites is 1. The fraction of sp³-hybridized carbons (Fsp3) is 0.185. The van der Waals surface area contributed by atoms with Crippen molar-refractivity contribution in [2.45, 2.75) is 27.7 Å². The Morgan fingerprint density at radius 1 is 0.889 bits per heavy atom. The molecule has 186 valence electrons. The molecule has 0 atom stereocenters. The first-order chi connectivity index (χ1) is 17.1. The largest absolute Gasteiger partial charge is 0.482 e. The van der Waals surface area contributed by atoms with Gasteiger partial charge >= 0.3 is 11.8 Å². The summed E-state index contributed by atoms with van der Waals surface area (Å²) in [5.41, 5.74) is 7.81. The van der Waals surface area contributed by atoms with Gasteiger partial charge in [-0.2, -0.15) is 5.10 Å². The van der Waals surface area contributed by atoms with E-state index in [1.54, 1.807) is 18.2 Å². The van der Waals surface area contributed by atoms with Crippen LogP contribution in [0.1, 0.15) is 27.8 Å². The molecule has 0 spiro atoms. The third-order valence-corrected chi connectivity index (χ3v) is 5.57. The Balaban J connectivity index is 1.51. The van der Waals surface area contributed by atoms with Crippen LogP contribution < -0.4 is 20.8 Å². The summed E-state index contributed by atoms with van der Waals surface area (Å²) < 4.78 is 5.53. The predicted molar refractivity (Wildman–Crippen MR) is 142 cm³/mol. The molecule has 3 amide bonds. The van der Waals surface area contributed by atoms with E-state index in [0.29, 0.717) is 17.0 Å². The number of ether oxygens (including phenoxy) is 1. The maximum atomic E-state index is 12.2. The second-order valence-electron chi connectivity index (χ2n) is 8.27. The van der Waals surface area contributed by atoms with E-state index in [0.717, 1.165) is 27.9 Å². The lowest BCUT2D eigenvalue weighted by molar-refractivity contribution is -0.136. The summed E-state index contributed by atoms with van der Waals surface area (Å²) in [7, 11) is 0. The zero-order valence-corrected chi connectivity index (χ0v) is 21.2. The number of carbonyl (C=O) groups is 3. The average molecular weight is 507 g/mol. The number of rotatable bonds is 7. The summed E-state index contributed by atoms with van der Waals surface area (Å²) in [5.74, 6) is -1.73. The SMILES string of the molecule is Cc1ccc(NC(=O)COc2ccc(/C=N\NC(=O)C(=O)Nc3c(C)cccc3C)cc2Cl)c(C)c1. The molecule has 3 N–H and O–H groups in total. The molecule has 8 nitrogen and oxygen atoms in total. The van der Waals surface area contributed by atoms with Gasteiger partial charge in [-0.15, -0.1) is 0 Å². The van der Waals surface area contributed by atoms with Crippen molar-refractivity contribution in [1.29, 1.82) is 0 Å². The first-order valence-corrected chi connectivity index (χ1v) is 11.5. The van der Waals surface area contributed by atoms with Crippen LogP contribution in [0.2, 0.25) is 5.02 Å². The Bertz CT molecular complexity index is 1320. The van der Waals surface area contributed by atoms with Crippen molar-refractivity contribution < 1.29 is 19.1 Å². The molecule has 3 aromatic carbocycles. The van der Waals surface area contributed by atoms with Crippen LogP contribution in [0.5, 0.6) is 5.75 Å². The Labute approximate surface area is 214 Å². The van der Waals surface area contributed by atoms with Gasteiger partial charge in [0.1, 0.15) is 5.75 Å². The summed E-state index contributed by atoms with van der Waals surface area (Å²) in [5, 5.41) is 9.47. The van der Waals surface area contributed by atoms with Gasteiger partial charge < -0.3 is 15.4 Å². The van der Waals surface area contributed by atoms with Crippen molar-refractivity contribution in [3.05, 3.63) is 87.4 Å². The molecule has 0 radical (unpaired) electrons. The maximum absolute atomic E-state index is 12.2. The summed E-state index contributed by atoms with van der Waals surface area (Å²) in [6.45, 7) is 7.36. The zero-order chi connectivity index (χ0) is 26.2. The first-order valence-electron chi connectivity index (χ1n) is 11.1. The van der Waals surface area contributed by atoms with Crippen molar-refractivity contribution >= 4 is 46.9 Å². The number of hydrogen-bond donors (Lipinski definition) is 3. The van der Waals surface area contributed by atoms with E-state index in [2.05, 4.69) is 21.2 Å². The fourth-order valence-electron chi connectivity index (χ4n) is 3.40. The molecular formula is C27H27ClN4O4. The minimum Gasteiger partial charge on any atom is -0.482 e. The number of hydrogen-bond acceptors (Lipinski definition) is 5. The van der Waals surface area contributed by atoms with Crippen molar-refractivity contribution in [2.24, 2.45) is 5.10 Å². The summed E-state index contributed by atoms with van der Waals surface area (Å²) >= 11 is 6.26. The van der Waals surface area contributed by atoms with Crippen LogP contribution in [-0.4, -0.2) is 30.5 Å². The van der Waals surface area contributed by atoms with Gasteiger partial charge in [-0.25, -0.2) is 5.43 Å². The van der Waals surface area contributed by atoms with Crippen molar-refractivity contribution in [1.82, 2.24) is 5.43 Å². The number of hydrazone groups is 1. The minimum atomic E-state index is -0.908. The van der Waals surface area contributed by atoms with Crippen LogP contribution in [0, 0.1) is 27.7 Å². The van der Waals surface area contributed by atoms with Crippen LogP contribution in [0.4, 0.5) is 11.4 Å². The highest BCUT2D eigenvalue weighted by molar-refractivity contribution is 6.39. The van der Waals surface area contributed by atoms with E-state index in [1.165, 1.54) is 6.21 Å². The highest BCUT2D eigenvalue weighted by atomic mass is 35.5. The average Bonchev–Trinajstić information content (AvgIpc) is 2.82. The zero-order valence-electron chi connectivity index (χ0n) is 20.4. The third kappa shape index (κ3) is 7.16. The molecule has 0 aliphatic heterocycles. The number of nitrogens with one attached hydrogen (secondary N) is 3. The normalized spacial score (nSPS) is 10.7. The molecule has 0 aliphatic carbocycles. The monoisotopic (exact) mass is 506 g/mol. The quantitative estimate of drug-likeness (QED) is 0.245. The Hall–Kier alpha value is -4.17. The lowest BCUT2D eigenvalue weighted by Crippen LogP contribution is -2.32. The molecule has 0 unspecified atom stereocenters. The molecule has 0 heterocycles. The van der Waals surface area contributed by atoms with Gasteiger partial charge in [0.2, 0.25) is 0 Å². The number of halogens is 1. The molecule has 0 bridgehead atoms. The molecule has 0 saturated carbocycles. The highest BCUT2D eigenvalue weighted by Gasteiger charge is 2.15. The molecular weight excluding hydrogens is 480 g/mol. The number of carbonyl (C=O) groups excluding carboxylic acids is 3. The van der Waals surface area contributed by atoms with Gasteiger partial charge in [0.15, 0.2) is 6.61 Å². The topological polar surface area (TPSA) is 109 Å². The Morgan fingerprint density at radius 2 is 1.61 bits per heavy atom. The molecule has 3 rings (SSSR count). The van der Waals surface area contributed by atoms with Crippen molar-refractivity contribution in [3.8, 4) is 5.75 Å². The van der Waals surface area contributed by atoms with Crippen LogP contribution in [0.3, 0.4) is 0 Å². The second-order valence-corrected chi connectivity index (χ2v) is 8.67. The van der Waals surface area contributed by atoms with Gasteiger partial charge in [0.25, 0.3) is 5.91 Å². The number of anilines is 2. The predicted octanol–water partition coefficient (Wildman–Crippen LogP) is 4.68. The van der Waals surface area contributed by atoms with Crippen LogP contribution >= 0.6 is 11.6 Å². The van der Waals surface area contributed by atoms with E-state index < -0.39 is 11.8 Å². The van der Waals surface area contributed by atoms with Crippen molar-refractivity contribution in [3.63, 3.8) is 0 Å². The standard InChI is InChI=1S/C27H27ClN4O4/c1-16-8-10-22(19(4)12-16)30-24(33)15-36-23-11-9-20(13-21(23)28)14-29-32-27(35)26(34)31-25-17(2)6-5-7-18(25)3/h5-14H,15H2,1-4H3,(H,30,33)(H,31,34)(H,32,35)/b29-14-. The van der Waals surface area contributed by atoms with Gasteiger partial charge in [0.05, 0.1) is 11.2 Å². The Kier molecular flexibility index (Phi) is 8.81. The molecule has 3 aromatic rings. The summed E-state index contributed by atoms with van der Waals surface area (Å²) in [6.07, 6.45) is 1.34. The van der Waals surface area contributed by atoms with Crippen molar-refractivity contribution in [2.75, 3.05) is 17.2 Å². The van der Waals surface area contributed by atoms with Gasteiger partial charge in [-0.1, -0.05) is 47.5 Å². The fourth-order valence-corrected chi connectivity index (χ4v) is 3.64. The summed E-state index contributed by atoms with van der Waals surface area (Å²) in [6, 6.07) is 16.1. The maximum Gasteiger partial charge on any atom is 0.329 e. The first kappa shape index (κ1) is 26.4. The van der Waals surface area contributed by atoms with E-state index in [-0.39, 0.29) is 17.5 Å². The highest BCUT2D eigenvalue weighted by Crippen LogP contribution is 2.25.